The molecule has 92 valence electrons. The van der Waals surface area contributed by atoms with Gasteiger partial charge in [0.05, 0.1) is 11.3 Å². The van der Waals surface area contributed by atoms with Crippen molar-refractivity contribution in [2.45, 2.75) is 13.8 Å². The fraction of sp³-hybridized carbons (Fsp3) is 0.154. The molecule has 0 bridgehead atoms. The highest BCUT2D eigenvalue weighted by Gasteiger charge is 2.15. The van der Waals surface area contributed by atoms with Crippen LogP contribution in [0.25, 0.3) is 5.69 Å². The number of hydrogen-bond donors (Lipinski definition) is 1. The third-order valence-corrected chi connectivity index (χ3v) is 2.54. The van der Waals surface area contributed by atoms with Crippen molar-refractivity contribution in [1.29, 1.82) is 0 Å². The fourth-order valence-electron chi connectivity index (χ4n) is 1.85. The van der Waals surface area contributed by atoms with Gasteiger partial charge in [-0.1, -0.05) is 6.07 Å². The fourth-order valence-corrected chi connectivity index (χ4v) is 1.85. The first-order valence-corrected chi connectivity index (χ1v) is 5.38. The monoisotopic (exact) mass is 244 g/mol. The van der Waals surface area contributed by atoms with E-state index in [0.717, 1.165) is 16.8 Å². The van der Waals surface area contributed by atoms with Gasteiger partial charge >= 0.3 is 5.97 Å². The van der Waals surface area contributed by atoms with E-state index in [-0.39, 0.29) is 11.3 Å². The van der Waals surface area contributed by atoms with Gasteiger partial charge in [0, 0.05) is 6.20 Å². The van der Waals surface area contributed by atoms with Crippen LogP contribution in [0.15, 0.2) is 24.4 Å². The van der Waals surface area contributed by atoms with E-state index in [1.54, 1.807) is 0 Å². The summed E-state index contributed by atoms with van der Waals surface area (Å²) in [5.74, 6) is -1.21. The molecule has 2 aromatic rings. The maximum atomic E-state index is 10.9. The van der Waals surface area contributed by atoms with Crippen LogP contribution in [0.1, 0.15) is 32.0 Å². The number of aryl methyl sites for hydroxylation is 2. The lowest BCUT2D eigenvalue weighted by Gasteiger charge is -2.04. The average molecular weight is 244 g/mol. The second kappa shape index (κ2) is 4.44. The zero-order valence-electron chi connectivity index (χ0n) is 10.0. The van der Waals surface area contributed by atoms with E-state index in [4.69, 9.17) is 5.11 Å². The second-order valence-electron chi connectivity index (χ2n) is 4.15. The number of carbonyl (C=O) groups is 2. The summed E-state index contributed by atoms with van der Waals surface area (Å²) < 4.78 is 1.41. The maximum Gasteiger partial charge on any atom is 0.357 e. The molecule has 0 atom stereocenters. The minimum Gasteiger partial charge on any atom is -0.476 e. The molecule has 0 aliphatic heterocycles. The molecule has 1 aromatic carbocycles. The van der Waals surface area contributed by atoms with Crippen molar-refractivity contribution in [2.75, 3.05) is 0 Å². The SMILES string of the molecule is Cc1cc(C)cc(-n2cc(C=O)c(C(=O)O)n2)c1. The van der Waals surface area contributed by atoms with Crippen LogP contribution in [-0.4, -0.2) is 27.1 Å². The third-order valence-electron chi connectivity index (χ3n) is 2.54. The first-order valence-electron chi connectivity index (χ1n) is 5.38. The summed E-state index contributed by atoms with van der Waals surface area (Å²) in [6.45, 7) is 3.89. The van der Waals surface area contributed by atoms with Crippen LogP contribution in [0.2, 0.25) is 0 Å². The summed E-state index contributed by atoms with van der Waals surface area (Å²) >= 11 is 0. The Morgan fingerprint density at radius 2 is 1.89 bits per heavy atom. The highest BCUT2D eigenvalue weighted by molar-refractivity contribution is 5.95. The molecule has 0 aliphatic carbocycles. The van der Waals surface area contributed by atoms with E-state index in [9.17, 15) is 9.59 Å². The van der Waals surface area contributed by atoms with Gasteiger partial charge < -0.3 is 5.11 Å². The molecule has 0 radical (unpaired) electrons. The molecular formula is C13H12N2O3. The van der Waals surface area contributed by atoms with Crippen molar-refractivity contribution < 1.29 is 14.7 Å². The minimum atomic E-state index is -1.21. The Morgan fingerprint density at radius 3 is 2.33 bits per heavy atom. The lowest BCUT2D eigenvalue weighted by Crippen LogP contribution is -2.02. The third kappa shape index (κ3) is 2.15. The molecule has 0 fully saturated rings. The van der Waals surface area contributed by atoms with Gasteiger partial charge in [-0.2, -0.15) is 5.10 Å². The van der Waals surface area contributed by atoms with Gasteiger partial charge in [0.25, 0.3) is 0 Å². The molecule has 5 nitrogen and oxygen atoms in total. The number of aromatic carboxylic acids is 1. The zero-order chi connectivity index (χ0) is 13.3. The van der Waals surface area contributed by atoms with Crippen LogP contribution in [0.5, 0.6) is 0 Å². The molecule has 0 spiro atoms. The molecule has 0 amide bonds. The van der Waals surface area contributed by atoms with Crippen molar-refractivity contribution in [1.82, 2.24) is 9.78 Å². The number of aldehydes is 1. The Balaban J connectivity index is 2.57. The van der Waals surface area contributed by atoms with Crippen molar-refractivity contribution in [3.8, 4) is 5.69 Å². The normalized spacial score (nSPS) is 10.3. The van der Waals surface area contributed by atoms with Crippen molar-refractivity contribution >= 4 is 12.3 Å². The van der Waals surface area contributed by atoms with Crippen LogP contribution < -0.4 is 0 Å². The molecule has 5 heteroatoms. The lowest BCUT2D eigenvalue weighted by atomic mass is 10.1. The predicted octanol–water partition coefficient (Wildman–Crippen LogP) is 2.00. The summed E-state index contributed by atoms with van der Waals surface area (Å²) in [4.78, 5) is 21.7. The number of nitrogens with zero attached hydrogens (tertiary/aromatic N) is 2. The molecule has 1 aromatic heterocycles. The summed E-state index contributed by atoms with van der Waals surface area (Å²) in [7, 11) is 0. The number of carboxylic acid groups (broad SMARTS) is 1. The number of rotatable bonds is 3. The second-order valence-corrected chi connectivity index (χ2v) is 4.15. The number of benzene rings is 1. The van der Waals surface area contributed by atoms with E-state index in [2.05, 4.69) is 5.10 Å². The van der Waals surface area contributed by atoms with Crippen molar-refractivity contribution in [3.63, 3.8) is 0 Å². The molecule has 0 saturated heterocycles. The molecule has 2 rings (SSSR count). The number of carboxylic acids is 1. The van der Waals surface area contributed by atoms with Crippen LogP contribution >= 0.6 is 0 Å². The van der Waals surface area contributed by atoms with Gasteiger partial charge in [0.2, 0.25) is 0 Å². The van der Waals surface area contributed by atoms with E-state index in [1.807, 2.05) is 32.0 Å². The van der Waals surface area contributed by atoms with Gasteiger partial charge in [-0.25, -0.2) is 9.48 Å². The first-order chi connectivity index (χ1) is 8.51. The van der Waals surface area contributed by atoms with E-state index in [1.165, 1.54) is 10.9 Å². The maximum absolute atomic E-state index is 10.9. The topological polar surface area (TPSA) is 72.2 Å². The Morgan fingerprint density at radius 1 is 1.28 bits per heavy atom. The van der Waals surface area contributed by atoms with Crippen LogP contribution in [0, 0.1) is 13.8 Å². The number of hydrogen-bond acceptors (Lipinski definition) is 3. The van der Waals surface area contributed by atoms with E-state index >= 15 is 0 Å². The summed E-state index contributed by atoms with van der Waals surface area (Å²) in [5, 5.41) is 12.9. The largest absolute Gasteiger partial charge is 0.476 e. The smallest absolute Gasteiger partial charge is 0.357 e. The molecule has 1 N–H and O–H groups in total. The van der Waals surface area contributed by atoms with Gasteiger partial charge in [0.1, 0.15) is 0 Å². The Bertz CT molecular complexity index is 609. The average Bonchev–Trinajstić information content (AvgIpc) is 2.71. The van der Waals surface area contributed by atoms with Crippen LogP contribution in [-0.2, 0) is 0 Å². The van der Waals surface area contributed by atoms with Crippen molar-refractivity contribution in [3.05, 3.63) is 46.8 Å². The van der Waals surface area contributed by atoms with Crippen LogP contribution in [0.3, 0.4) is 0 Å². The number of carbonyl (C=O) groups excluding carboxylic acids is 1. The lowest BCUT2D eigenvalue weighted by molar-refractivity contribution is 0.0687. The minimum absolute atomic E-state index is 0.0710. The number of aromatic nitrogens is 2. The summed E-state index contributed by atoms with van der Waals surface area (Å²) in [6, 6.07) is 5.76. The quantitative estimate of drug-likeness (QED) is 0.838. The first kappa shape index (κ1) is 12.0. The molecule has 1 heterocycles. The Labute approximate surface area is 104 Å². The highest BCUT2D eigenvalue weighted by atomic mass is 16.4. The Kier molecular flexibility index (Phi) is 2.97. The molecule has 0 saturated carbocycles. The molecule has 18 heavy (non-hydrogen) atoms. The van der Waals surface area contributed by atoms with Crippen molar-refractivity contribution in [2.24, 2.45) is 0 Å². The van der Waals surface area contributed by atoms with E-state index < -0.39 is 5.97 Å². The van der Waals surface area contributed by atoms with E-state index in [0.29, 0.717) is 6.29 Å². The molecule has 0 unspecified atom stereocenters. The van der Waals surface area contributed by atoms with Gasteiger partial charge in [0.15, 0.2) is 12.0 Å². The van der Waals surface area contributed by atoms with Crippen LogP contribution in [0.4, 0.5) is 0 Å². The molecular weight excluding hydrogens is 232 g/mol. The highest BCUT2D eigenvalue weighted by Crippen LogP contribution is 2.15. The standard InChI is InChI=1S/C13H12N2O3/c1-8-3-9(2)5-11(4-8)15-6-10(7-16)12(14-15)13(17)18/h3-7H,1-2H3,(H,17,18). The van der Waals surface area contributed by atoms with Gasteiger partial charge in [-0.15, -0.1) is 0 Å². The zero-order valence-corrected chi connectivity index (χ0v) is 10.0. The summed E-state index contributed by atoms with van der Waals surface area (Å²) in [5.41, 5.74) is 2.67. The predicted molar refractivity (Wildman–Crippen MR) is 65.4 cm³/mol. The van der Waals surface area contributed by atoms with Gasteiger partial charge in [-0.05, 0) is 37.1 Å². The molecule has 0 aliphatic rings. The summed E-state index contributed by atoms with van der Waals surface area (Å²) in [6.07, 6.45) is 1.92. The Hall–Kier alpha value is -2.43. The van der Waals surface area contributed by atoms with Gasteiger partial charge in [-0.3, -0.25) is 4.79 Å².